The van der Waals surface area contributed by atoms with Crippen LogP contribution in [0.2, 0.25) is 0 Å². The first-order valence-corrected chi connectivity index (χ1v) is 12.1. The summed E-state index contributed by atoms with van der Waals surface area (Å²) in [5.74, 6) is -0.433. The van der Waals surface area contributed by atoms with Gasteiger partial charge in [0.1, 0.15) is 6.04 Å². The lowest BCUT2D eigenvalue weighted by Gasteiger charge is -2.29. The van der Waals surface area contributed by atoms with Gasteiger partial charge in [0.15, 0.2) is 0 Å². The second-order valence-electron chi connectivity index (χ2n) is 8.19. The van der Waals surface area contributed by atoms with Gasteiger partial charge in [-0.05, 0) is 48.7 Å². The van der Waals surface area contributed by atoms with Crippen LogP contribution >= 0.6 is 0 Å². The molecule has 1 saturated heterocycles. The van der Waals surface area contributed by atoms with Crippen molar-refractivity contribution in [2.45, 2.75) is 31.2 Å². The summed E-state index contributed by atoms with van der Waals surface area (Å²) in [5.41, 5.74) is 1.36. The molecule has 1 atom stereocenters. The summed E-state index contributed by atoms with van der Waals surface area (Å²) in [6, 6.07) is 10.9. The highest BCUT2D eigenvalue weighted by Crippen LogP contribution is 2.21. The number of sulfonamides is 1. The molecular weight excluding hydrogens is 448 g/mol. The number of rotatable bonds is 9. The molecule has 1 amide bonds. The maximum Gasteiger partial charge on any atom is 0.269 e. The minimum atomic E-state index is -4.06. The van der Waals surface area contributed by atoms with Gasteiger partial charge in [0.05, 0.1) is 23.0 Å². The van der Waals surface area contributed by atoms with E-state index in [9.17, 15) is 23.3 Å². The fraction of sp³-hybridized carbons (Fsp3) is 0.409. The number of benzene rings is 2. The van der Waals surface area contributed by atoms with Crippen molar-refractivity contribution in [2.24, 2.45) is 5.92 Å². The van der Waals surface area contributed by atoms with Gasteiger partial charge < -0.3 is 15.0 Å². The van der Waals surface area contributed by atoms with Crippen LogP contribution in [-0.2, 0) is 19.6 Å². The third-order valence-electron chi connectivity index (χ3n) is 5.19. The molecule has 33 heavy (non-hydrogen) atoms. The Morgan fingerprint density at radius 3 is 2.24 bits per heavy atom. The lowest BCUT2D eigenvalue weighted by molar-refractivity contribution is -0.384. The molecule has 0 aromatic heterocycles. The first-order chi connectivity index (χ1) is 15.7. The monoisotopic (exact) mass is 476 g/mol. The summed E-state index contributed by atoms with van der Waals surface area (Å²) in [5, 5.41) is 13.6. The summed E-state index contributed by atoms with van der Waals surface area (Å²) < 4.78 is 33.4. The van der Waals surface area contributed by atoms with E-state index in [1.54, 1.807) is 12.1 Å². The van der Waals surface area contributed by atoms with E-state index >= 15 is 0 Å². The standard InChI is InChI=1S/C22H28N4O6S/c1-16(2)15-21(24-33(30,31)20-9-7-19(8-10-20)26(28)29)22(27)23-17-3-5-18(6-4-17)25-11-13-32-14-12-25/h3-10,16,21,24H,11-15H2,1-2H3,(H,23,27)/t21-/m0/s1. The molecule has 0 aliphatic carbocycles. The highest BCUT2D eigenvalue weighted by atomic mass is 32.2. The zero-order valence-electron chi connectivity index (χ0n) is 18.6. The number of anilines is 2. The summed E-state index contributed by atoms with van der Waals surface area (Å²) in [4.78, 5) is 25.2. The number of carbonyl (C=O) groups is 1. The lowest BCUT2D eigenvalue weighted by Crippen LogP contribution is -2.44. The molecule has 0 spiro atoms. The van der Waals surface area contributed by atoms with Crippen molar-refractivity contribution in [1.29, 1.82) is 0 Å². The Balaban J connectivity index is 1.70. The molecular formula is C22H28N4O6S. The summed E-state index contributed by atoms with van der Waals surface area (Å²) in [6.45, 7) is 6.71. The van der Waals surface area contributed by atoms with E-state index in [2.05, 4.69) is 14.9 Å². The minimum Gasteiger partial charge on any atom is -0.378 e. The Morgan fingerprint density at radius 2 is 1.70 bits per heavy atom. The van der Waals surface area contributed by atoms with Crippen LogP contribution in [0, 0.1) is 16.0 Å². The minimum absolute atomic E-state index is 0.0454. The van der Waals surface area contributed by atoms with E-state index in [-0.39, 0.29) is 22.9 Å². The normalized spacial score (nSPS) is 15.3. The van der Waals surface area contributed by atoms with Crippen molar-refractivity contribution in [1.82, 2.24) is 4.72 Å². The molecule has 0 saturated carbocycles. The number of nitro benzene ring substituents is 1. The third kappa shape index (κ3) is 6.73. The SMILES string of the molecule is CC(C)C[C@H](NS(=O)(=O)c1ccc([N+](=O)[O-])cc1)C(=O)Nc1ccc(N2CCOCC2)cc1. The maximum atomic E-state index is 12.9. The van der Waals surface area contributed by atoms with Crippen LogP contribution in [0.3, 0.4) is 0 Å². The van der Waals surface area contributed by atoms with Crippen LogP contribution < -0.4 is 14.9 Å². The van der Waals surface area contributed by atoms with Crippen molar-refractivity contribution < 1.29 is 22.9 Å². The molecule has 11 heteroatoms. The number of hydrogen-bond donors (Lipinski definition) is 2. The van der Waals surface area contributed by atoms with E-state index < -0.39 is 26.9 Å². The van der Waals surface area contributed by atoms with Crippen LogP contribution in [0.5, 0.6) is 0 Å². The smallest absolute Gasteiger partial charge is 0.269 e. The Hall–Kier alpha value is -3.02. The number of nitrogens with one attached hydrogen (secondary N) is 2. The summed E-state index contributed by atoms with van der Waals surface area (Å²) in [6.07, 6.45) is 0.282. The van der Waals surface area contributed by atoms with Crippen LogP contribution in [0.4, 0.5) is 17.1 Å². The van der Waals surface area contributed by atoms with E-state index in [0.717, 1.165) is 43.0 Å². The van der Waals surface area contributed by atoms with Crippen LogP contribution in [0.25, 0.3) is 0 Å². The van der Waals surface area contributed by atoms with Crippen molar-refractivity contribution in [3.8, 4) is 0 Å². The van der Waals surface area contributed by atoms with Crippen LogP contribution in [-0.4, -0.2) is 51.6 Å². The van der Waals surface area contributed by atoms with Gasteiger partial charge in [-0.3, -0.25) is 14.9 Å². The number of morpholine rings is 1. The molecule has 10 nitrogen and oxygen atoms in total. The fourth-order valence-corrected chi connectivity index (χ4v) is 4.70. The topological polar surface area (TPSA) is 131 Å². The van der Waals surface area contributed by atoms with Gasteiger partial charge in [-0.2, -0.15) is 4.72 Å². The Morgan fingerprint density at radius 1 is 1.09 bits per heavy atom. The molecule has 3 rings (SSSR count). The first-order valence-electron chi connectivity index (χ1n) is 10.7. The number of ether oxygens (including phenoxy) is 1. The predicted octanol–water partition coefficient (Wildman–Crippen LogP) is 2.76. The van der Waals surface area contributed by atoms with Gasteiger partial charge in [-0.1, -0.05) is 13.8 Å². The molecule has 1 aliphatic heterocycles. The zero-order valence-corrected chi connectivity index (χ0v) is 19.4. The van der Waals surface area contributed by atoms with E-state index in [1.165, 1.54) is 0 Å². The second kappa shape index (κ2) is 10.7. The average molecular weight is 477 g/mol. The largest absolute Gasteiger partial charge is 0.378 e. The molecule has 0 radical (unpaired) electrons. The van der Waals surface area contributed by atoms with Crippen molar-refractivity contribution in [3.05, 3.63) is 58.6 Å². The number of amides is 1. The number of nitro groups is 1. The number of non-ortho nitro benzene ring substituents is 1. The fourth-order valence-electron chi connectivity index (χ4n) is 3.49. The first kappa shape index (κ1) is 24.6. The predicted molar refractivity (Wildman–Crippen MR) is 125 cm³/mol. The summed E-state index contributed by atoms with van der Waals surface area (Å²) in [7, 11) is -4.06. The molecule has 1 aliphatic rings. The van der Waals surface area contributed by atoms with Crippen molar-refractivity contribution >= 4 is 33.0 Å². The zero-order chi connectivity index (χ0) is 24.0. The van der Waals surface area contributed by atoms with Gasteiger partial charge in [-0.15, -0.1) is 0 Å². The molecule has 0 unspecified atom stereocenters. The highest BCUT2D eigenvalue weighted by molar-refractivity contribution is 7.89. The van der Waals surface area contributed by atoms with Gasteiger partial charge in [0, 0.05) is 36.6 Å². The third-order valence-corrected chi connectivity index (χ3v) is 6.68. The van der Waals surface area contributed by atoms with E-state index in [1.807, 2.05) is 26.0 Å². The van der Waals surface area contributed by atoms with E-state index in [0.29, 0.717) is 18.9 Å². The average Bonchev–Trinajstić information content (AvgIpc) is 2.79. The Bertz CT molecular complexity index is 1070. The molecule has 0 bridgehead atoms. The molecule has 1 fully saturated rings. The molecule has 178 valence electrons. The number of carbonyl (C=O) groups excluding carboxylic acids is 1. The lowest BCUT2D eigenvalue weighted by atomic mass is 10.0. The van der Waals surface area contributed by atoms with Crippen LogP contribution in [0.15, 0.2) is 53.4 Å². The maximum absolute atomic E-state index is 12.9. The molecule has 2 aromatic rings. The van der Waals surface area contributed by atoms with Gasteiger partial charge in [0.2, 0.25) is 15.9 Å². The van der Waals surface area contributed by atoms with Crippen molar-refractivity contribution in [2.75, 3.05) is 36.5 Å². The van der Waals surface area contributed by atoms with Gasteiger partial charge >= 0.3 is 0 Å². The summed E-state index contributed by atoms with van der Waals surface area (Å²) >= 11 is 0. The van der Waals surface area contributed by atoms with Gasteiger partial charge in [-0.25, -0.2) is 8.42 Å². The molecule has 2 N–H and O–H groups in total. The van der Waals surface area contributed by atoms with Crippen molar-refractivity contribution in [3.63, 3.8) is 0 Å². The Kier molecular flexibility index (Phi) is 8.01. The van der Waals surface area contributed by atoms with Crippen LogP contribution in [0.1, 0.15) is 20.3 Å². The quantitative estimate of drug-likeness (QED) is 0.420. The second-order valence-corrected chi connectivity index (χ2v) is 9.90. The molecule has 1 heterocycles. The van der Waals surface area contributed by atoms with E-state index in [4.69, 9.17) is 4.74 Å². The highest BCUT2D eigenvalue weighted by Gasteiger charge is 2.27. The number of hydrogen-bond acceptors (Lipinski definition) is 7. The molecule has 2 aromatic carbocycles. The Labute approximate surface area is 193 Å². The van der Waals surface area contributed by atoms with Gasteiger partial charge in [0.25, 0.3) is 5.69 Å². The number of nitrogens with zero attached hydrogens (tertiary/aromatic N) is 2.